The number of aliphatic imine (C=N–C) groups is 1. The highest BCUT2D eigenvalue weighted by atomic mass is 16.6. The van der Waals surface area contributed by atoms with E-state index in [9.17, 15) is 9.59 Å². The summed E-state index contributed by atoms with van der Waals surface area (Å²) in [5.41, 5.74) is 1.35. The maximum atomic E-state index is 11.8. The second-order valence-corrected chi connectivity index (χ2v) is 4.64. The zero-order valence-electron chi connectivity index (χ0n) is 11.6. The molecule has 0 aromatic rings. The highest BCUT2D eigenvalue weighted by molar-refractivity contribution is 6.05. The predicted molar refractivity (Wildman–Crippen MR) is 73.7 cm³/mol. The molecule has 1 N–H and O–H groups in total. The van der Waals surface area contributed by atoms with Gasteiger partial charge in [0.05, 0.1) is 18.8 Å². The van der Waals surface area contributed by atoms with E-state index in [0.29, 0.717) is 36.8 Å². The number of hydrogen-bond donors (Lipinski definition) is 1. The number of nitrogens with one attached hydrogen (secondary N) is 1. The smallest absolute Gasteiger partial charge is 0.344 e. The molecule has 0 aromatic carbocycles. The highest BCUT2D eigenvalue weighted by Crippen LogP contribution is 2.31. The zero-order chi connectivity index (χ0) is 14.8. The Labute approximate surface area is 121 Å². The summed E-state index contributed by atoms with van der Waals surface area (Å²) in [5.74, 6) is 0.838. The van der Waals surface area contributed by atoms with E-state index in [4.69, 9.17) is 9.47 Å². The first-order valence-corrected chi connectivity index (χ1v) is 6.72. The van der Waals surface area contributed by atoms with Crippen molar-refractivity contribution in [1.82, 2.24) is 10.2 Å². The summed E-state index contributed by atoms with van der Waals surface area (Å²) in [6.07, 6.45) is 5.45. The van der Waals surface area contributed by atoms with Gasteiger partial charge in [0.2, 0.25) is 0 Å². The SMILES string of the molecule is CCOC(=O)COC1=CC2=CNC3=C(N=CCC3=O)N2C1. The lowest BCUT2D eigenvalue weighted by atomic mass is 10.1. The summed E-state index contributed by atoms with van der Waals surface area (Å²) < 4.78 is 10.2. The minimum absolute atomic E-state index is 0.0104. The molecule has 0 atom stereocenters. The maximum absolute atomic E-state index is 11.8. The van der Waals surface area contributed by atoms with Gasteiger partial charge in [0.1, 0.15) is 11.5 Å². The van der Waals surface area contributed by atoms with Gasteiger partial charge in [-0.3, -0.25) is 4.79 Å². The van der Waals surface area contributed by atoms with E-state index in [-0.39, 0.29) is 12.4 Å². The Balaban J connectivity index is 1.68. The van der Waals surface area contributed by atoms with Crippen molar-refractivity contribution < 1.29 is 19.1 Å². The molecule has 0 amide bonds. The van der Waals surface area contributed by atoms with Crippen molar-refractivity contribution in [3.8, 4) is 0 Å². The van der Waals surface area contributed by atoms with E-state index < -0.39 is 5.97 Å². The molecule has 7 heteroatoms. The van der Waals surface area contributed by atoms with Crippen LogP contribution in [0.25, 0.3) is 0 Å². The summed E-state index contributed by atoms with van der Waals surface area (Å²) >= 11 is 0. The summed E-state index contributed by atoms with van der Waals surface area (Å²) in [6, 6.07) is 0. The van der Waals surface area contributed by atoms with Crippen molar-refractivity contribution in [3.05, 3.63) is 35.3 Å². The number of ether oxygens (including phenoxy) is 2. The minimum Gasteiger partial charge on any atom is -0.484 e. The van der Waals surface area contributed by atoms with Gasteiger partial charge in [0, 0.05) is 24.9 Å². The second kappa shape index (κ2) is 5.43. The third-order valence-electron chi connectivity index (χ3n) is 3.23. The number of Topliss-reactive ketones (excluding diaryl/α,β-unsaturated/α-hetero) is 1. The number of fused-ring (bicyclic) bond motifs is 2. The zero-order valence-corrected chi connectivity index (χ0v) is 11.6. The van der Waals surface area contributed by atoms with Crippen molar-refractivity contribution in [1.29, 1.82) is 0 Å². The monoisotopic (exact) mass is 289 g/mol. The molecule has 0 unspecified atom stereocenters. The van der Waals surface area contributed by atoms with Gasteiger partial charge in [-0.25, -0.2) is 9.79 Å². The maximum Gasteiger partial charge on any atom is 0.344 e. The van der Waals surface area contributed by atoms with Crippen molar-refractivity contribution in [2.75, 3.05) is 19.8 Å². The van der Waals surface area contributed by atoms with Gasteiger partial charge in [-0.2, -0.15) is 0 Å². The first kappa shape index (κ1) is 13.4. The van der Waals surface area contributed by atoms with E-state index in [1.165, 1.54) is 0 Å². The Bertz CT molecular complexity index is 616. The fourth-order valence-corrected chi connectivity index (χ4v) is 2.30. The molecule has 3 aliphatic rings. The topological polar surface area (TPSA) is 80.2 Å². The molecule has 0 aromatic heterocycles. The van der Waals surface area contributed by atoms with Crippen molar-refractivity contribution in [3.63, 3.8) is 0 Å². The van der Waals surface area contributed by atoms with Crippen molar-refractivity contribution >= 4 is 18.0 Å². The molecule has 3 heterocycles. The van der Waals surface area contributed by atoms with E-state index >= 15 is 0 Å². The number of carbonyl (C=O) groups is 2. The molecule has 3 aliphatic heterocycles. The quantitative estimate of drug-likeness (QED) is 0.756. The number of hydrogen-bond acceptors (Lipinski definition) is 7. The number of allylic oxidation sites excluding steroid dienone is 2. The van der Waals surface area contributed by atoms with Crippen LogP contribution in [-0.4, -0.2) is 42.6 Å². The number of esters is 1. The van der Waals surface area contributed by atoms with Crippen LogP contribution in [0.1, 0.15) is 13.3 Å². The molecule has 110 valence electrons. The van der Waals surface area contributed by atoms with Crippen LogP contribution in [0.3, 0.4) is 0 Å². The van der Waals surface area contributed by atoms with Gasteiger partial charge in [-0.1, -0.05) is 0 Å². The third-order valence-corrected chi connectivity index (χ3v) is 3.23. The number of carbonyl (C=O) groups excluding carboxylic acids is 2. The Morgan fingerprint density at radius 2 is 2.38 bits per heavy atom. The van der Waals surface area contributed by atoms with Gasteiger partial charge in [-0.15, -0.1) is 0 Å². The summed E-state index contributed by atoms with van der Waals surface area (Å²) in [7, 11) is 0. The number of nitrogens with zero attached hydrogens (tertiary/aromatic N) is 2. The van der Waals surface area contributed by atoms with E-state index in [1.54, 1.807) is 19.3 Å². The average molecular weight is 289 g/mol. The Kier molecular flexibility index (Phi) is 3.47. The fraction of sp³-hybridized carbons (Fsp3) is 0.357. The van der Waals surface area contributed by atoms with Gasteiger partial charge in [0.25, 0.3) is 0 Å². The molecule has 0 radical (unpaired) electrons. The van der Waals surface area contributed by atoms with Gasteiger partial charge < -0.3 is 19.7 Å². The van der Waals surface area contributed by atoms with Crippen LogP contribution in [0.2, 0.25) is 0 Å². The summed E-state index contributed by atoms with van der Waals surface area (Å²) in [6.45, 7) is 2.39. The van der Waals surface area contributed by atoms with Crippen LogP contribution < -0.4 is 5.32 Å². The third kappa shape index (κ3) is 2.54. The lowest BCUT2D eigenvalue weighted by Crippen LogP contribution is -2.33. The highest BCUT2D eigenvalue weighted by Gasteiger charge is 2.31. The molecule has 0 saturated carbocycles. The van der Waals surface area contributed by atoms with Crippen LogP contribution in [-0.2, 0) is 19.1 Å². The second-order valence-electron chi connectivity index (χ2n) is 4.64. The first-order valence-electron chi connectivity index (χ1n) is 6.72. The lowest BCUT2D eigenvalue weighted by molar-refractivity contribution is -0.147. The molecular weight excluding hydrogens is 274 g/mol. The molecule has 0 saturated heterocycles. The molecule has 7 nitrogen and oxygen atoms in total. The van der Waals surface area contributed by atoms with Crippen LogP contribution in [0.5, 0.6) is 0 Å². The summed E-state index contributed by atoms with van der Waals surface area (Å²) in [4.78, 5) is 29.3. The Hall–Kier alpha value is -2.57. The molecular formula is C14H15N3O4. The van der Waals surface area contributed by atoms with Crippen LogP contribution in [0.4, 0.5) is 0 Å². The van der Waals surface area contributed by atoms with Gasteiger partial charge in [-0.05, 0) is 6.92 Å². The van der Waals surface area contributed by atoms with Crippen molar-refractivity contribution in [2.45, 2.75) is 13.3 Å². The van der Waals surface area contributed by atoms with Crippen LogP contribution in [0.15, 0.2) is 40.2 Å². The fourth-order valence-electron chi connectivity index (χ4n) is 2.30. The molecule has 21 heavy (non-hydrogen) atoms. The molecule has 0 bridgehead atoms. The molecule has 3 rings (SSSR count). The molecule has 0 spiro atoms. The number of ketones is 1. The lowest BCUT2D eigenvalue weighted by Gasteiger charge is -2.28. The summed E-state index contributed by atoms with van der Waals surface area (Å²) in [5, 5.41) is 2.97. The largest absolute Gasteiger partial charge is 0.484 e. The van der Waals surface area contributed by atoms with E-state index in [1.807, 2.05) is 11.0 Å². The first-order chi connectivity index (χ1) is 10.2. The minimum atomic E-state index is -0.402. The van der Waals surface area contributed by atoms with E-state index in [0.717, 1.165) is 5.70 Å². The normalized spacial score (nSPS) is 19.5. The van der Waals surface area contributed by atoms with Gasteiger partial charge >= 0.3 is 5.97 Å². The standard InChI is InChI=1S/C14H15N3O4/c1-2-20-12(19)8-21-10-5-9-6-16-13-11(18)3-4-15-14(13)17(9)7-10/h4-6,16H,2-3,7-8H2,1H3. The molecule has 0 fully saturated rings. The Morgan fingerprint density at radius 3 is 3.19 bits per heavy atom. The predicted octanol–water partition coefficient (Wildman–Crippen LogP) is 0.423. The Morgan fingerprint density at radius 1 is 1.52 bits per heavy atom. The number of rotatable bonds is 4. The van der Waals surface area contributed by atoms with Gasteiger partial charge in [0.15, 0.2) is 18.2 Å². The van der Waals surface area contributed by atoms with Crippen LogP contribution >= 0.6 is 0 Å². The van der Waals surface area contributed by atoms with Crippen molar-refractivity contribution in [2.24, 2.45) is 4.99 Å². The molecule has 0 aliphatic carbocycles. The van der Waals surface area contributed by atoms with Crippen LogP contribution in [0, 0.1) is 0 Å². The van der Waals surface area contributed by atoms with E-state index in [2.05, 4.69) is 10.3 Å². The average Bonchev–Trinajstić information content (AvgIpc) is 2.89.